The van der Waals surface area contributed by atoms with Crippen molar-refractivity contribution in [1.29, 1.82) is 0 Å². The van der Waals surface area contributed by atoms with Crippen LogP contribution in [0.15, 0.2) is 33.5 Å². The molecule has 0 saturated carbocycles. The van der Waals surface area contributed by atoms with Gasteiger partial charge in [-0.3, -0.25) is 10.2 Å². The molecule has 2 aromatic heterocycles. The monoisotopic (exact) mass is 448 g/mol. The van der Waals surface area contributed by atoms with Gasteiger partial charge >= 0.3 is 0 Å². The van der Waals surface area contributed by atoms with Crippen LogP contribution in [-0.2, 0) is 12.8 Å². The number of aromatic nitrogens is 2. The number of thiocarbonyl (C=S) groups is 1. The van der Waals surface area contributed by atoms with Crippen LogP contribution in [0, 0.1) is 6.92 Å². The van der Waals surface area contributed by atoms with E-state index in [2.05, 4.69) is 31.7 Å². The number of nitrogens with one attached hydrogen (secondary N) is 2. The maximum Gasteiger partial charge on any atom is 0.281 e. The zero-order valence-electron chi connectivity index (χ0n) is 14.1. The molecule has 2 heterocycles. The molecule has 0 spiro atoms. The molecular formula is C18H17BrN4OS2. The van der Waals surface area contributed by atoms with Gasteiger partial charge in [0.15, 0.2) is 5.11 Å². The van der Waals surface area contributed by atoms with Crippen molar-refractivity contribution in [2.45, 2.75) is 32.6 Å². The lowest BCUT2D eigenvalue weighted by atomic mass is 9.97. The molecule has 1 aromatic carbocycles. The Bertz CT molecular complexity index is 1060. The number of fused-ring (bicyclic) bond motifs is 3. The van der Waals surface area contributed by atoms with E-state index in [0.29, 0.717) is 10.9 Å². The lowest BCUT2D eigenvalue weighted by Crippen LogP contribution is -2.37. The summed E-state index contributed by atoms with van der Waals surface area (Å²) in [6.07, 6.45) is 4.32. The number of benzene rings is 1. The molecule has 0 radical (unpaired) electrons. The summed E-state index contributed by atoms with van der Waals surface area (Å²) in [6.45, 7) is 1.81. The van der Waals surface area contributed by atoms with Crippen molar-refractivity contribution in [3.8, 4) is 0 Å². The summed E-state index contributed by atoms with van der Waals surface area (Å²) < 4.78 is 2.43. The molecule has 4 rings (SSSR count). The molecule has 0 atom stereocenters. The minimum Gasteiger partial charge on any atom is -0.331 e. The number of hydrogen-bond acceptors (Lipinski definition) is 4. The maximum absolute atomic E-state index is 13.1. The summed E-state index contributed by atoms with van der Waals surface area (Å²) in [5.41, 5.74) is 4.93. The topological polar surface area (TPSA) is 59.0 Å². The molecular weight excluding hydrogens is 432 g/mol. The van der Waals surface area contributed by atoms with Crippen LogP contribution >= 0.6 is 39.5 Å². The zero-order chi connectivity index (χ0) is 18.3. The van der Waals surface area contributed by atoms with E-state index in [9.17, 15) is 4.79 Å². The van der Waals surface area contributed by atoms with Gasteiger partial charge in [0, 0.05) is 15.0 Å². The summed E-state index contributed by atoms with van der Waals surface area (Å²) in [7, 11) is 0. The Morgan fingerprint density at radius 2 is 2.00 bits per heavy atom. The van der Waals surface area contributed by atoms with Crippen molar-refractivity contribution in [3.63, 3.8) is 0 Å². The number of aryl methyl sites for hydroxylation is 3. The fourth-order valence-corrected chi connectivity index (χ4v) is 5.00. The van der Waals surface area contributed by atoms with E-state index < -0.39 is 0 Å². The van der Waals surface area contributed by atoms with Gasteiger partial charge in [0.1, 0.15) is 10.7 Å². The SMILES string of the molecule is Cc1nc2sc3c(c2c(=O)n1NC(=S)Nc1ccc(Br)cc1)CCCC3. The van der Waals surface area contributed by atoms with Crippen LogP contribution < -0.4 is 16.3 Å². The van der Waals surface area contributed by atoms with Crippen LogP contribution in [0.2, 0.25) is 0 Å². The Balaban J connectivity index is 1.66. The second-order valence-corrected chi connectivity index (χ2v) is 8.67. The highest BCUT2D eigenvalue weighted by molar-refractivity contribution is 9.10. The second-order valence-electron chi connectivity index (χ2n) is 6.26. The van der Waals surface area contributed by atoms with E-state index in [1.165, 1.54) is 21.5 Å². The molecule has 2 N–H and O–H groups in total. The molecule has 1 aliphatic rings. The summed E-state index contributed by atoms with van der Waals surface area (Å²) in [5, 5.41) is 4.19. The normalized spacial score (nSPS) is 13.5. The largest absolute Gasteiger partial charge is 0.331 e. The molecule has 3 aromatic rings. The van der Waals surface area contributed by atoms with Gasteiger partial charge in [-0.2, -0.15) is 0 Å². The van der Waals surface area contributed by atoms with E-state index >= 15 is 0 Å². The predicted octanol–water partition coefficient (Wildman–Crippen LogP) is 4.35. The molecule has 0 unspecified atom stereocenters. The third-order valence-electron chi connectivity index (χ3n) is 4.47. The van der Waals surface area contributed by atoms with Gasteiger partial charge in [-0.1, -0.05) is 15.9 Å². The summed E-state index contributed by atoms with van der Waals surface area (Å²) in [5.74, 6) is 0.598. The van der Waals surface area contributed by atoms with E-state index in [0.717, 1.165) is 39.6 Å². The van der Waals surface area contributed by atoms with Crippen LogP contribution in [0.4, 0.5) is 5.69 Å². The molecule has 8 heteroatoms. The minimum absolute atomic E-state index is 0.0770. The van der Waals surface area contributed by atoms with Crippen LogP contribution in [0.1, 0.15) is 29.1 Å². The predicted molar refractivity (Wildman–Crippen MR) is 115 cm³/mol. The number of nitrogens with zero attached hydrogens (tertiary/aromatic N) is 2. The smallest absolute Gasteiger partial charge is 0.281 e. The number of halogens is 1. The zero-order valence-corrected chi connectivity index (χ0v) is 17.4. The van der Waals surface area contributed by atoms with Crippen molar-refractivity contribution in [2.75, 3.05) is 10.7 Å². The maximum atomic E-state index is 13.1. The summed E-state index contributed by atoms with van der Waals surface area (Å²) >= 11 is 10.4. The number of hydrogen-bond donors (Lipinski definition) is 2. The molecule has 5 nitrogen and oxygen atoms in total. The van der Waals surface area contributed by atoms with Crippen molar-refractivity contribution in [2.24, 2.45) is 0 Å². The number of rotatable bonds is 2. The van der Waals surface area contributed by atoms with Crippen LogP contribution in [0.3, 0.4) is 0 Å². The van der Waals surface area contributed by atoms with E-state index in [4.69, 9.17) is 12.2 Å². The van der Waals surface area contributed by atoms with Crippen molar-refractivity contribution >= 4 is 60.5 Å². The fourth-order valence-electron chi connectivity index (χ4n) is 3.23. The van der Waals surface area contributed by atoms with Gasteiger partial charge in [0.2, 0.25) is 0 Å². The van der Waals surface area contributed by atoms with Crippen molar-refractivity contribution in [3.05, 3.63) is 55.4 Å². The molecule has 134 valence electrons. The molecule has 0 bridgehead atoms. The van der Waals surface area contributed by atoms with Crippen LogP contribution in [0.5, 0.6) is 0 Å². The van der Waals surface area contributed by atoms with Gasteiger partial charge in [-0.25, -0.2) is 9.66 Å². The third-order valence-corrected chi connectivity index (χ3v) is 6.38. The van der Waals surface area contributed by atoms with E-state index in [-0.39, 0.29) is 5.56 Å². The third kappa shape index (κ3) is 3.28. The van der Waals surface area contributed by atoms with Gasteiger partial charge in [-0.15, -0.1) is 11.3 Å². The Kier molecular flexibility index (Phi) is 4.81. The van der Waals surface area contributed by atoms with Crippen LogP contribution in [-0.4, -0.2) is 14.8 Å². The van der Waals surface area contributed by atoms with Gasteiger partial charge < -0.3 is 5.32 Å². The Hall–Kier alpha value is -1.77. The first-order valence-corrected chi connectivity index (χ1v) is 10.4. The second kappa shape index (κ2) is 7.09. The molecule has 0 fully saturated rings. The summed E-state index contributed by atoms with van der Waals surface area (Å²) in [6, 6.07) is 7.66. The molecule has 0 amide bonds. The minimum atomic E-state index is -0.0770. The number of anilines is 1. The Morgan fingerprint density at radius 3 is 2.77 bits per heavy atom. The Labute approximate surface area is 168 Å². The lowest BCUT2D eigenvalue weighted by molar-refractivity contribution is 0.699. The van der Waals surface area contributed by atoms with E-state index in [1.807, 2.05) is 31.2 Å². The molecule has 0 aliphatic heterocycles. The molecule has 26 heavy (non-hydrogen) atoms. The average molecular weight is 449 g/mol. The van der Waals surface area contributed by atoms with Crippen molar-refractivity contribution < 1.29 is 0 Å². The average Bonchev–Trinajstić information content (AvgIpc) is 2.98. The fraction of sp³-hybridized carbons (Fsp3) is 0.278. The highest BCUT2D eigenvalue weighted by Crippen LogP contribution is 2.33. The van der Waals surface area contributed by atoms with E-state index in [1.54, 1.807) is 11.3 Å². The van der Waals surface area contributed by atoms with Gasteiger partial charge in [0.05, 0.1) is 5.39 Å². The van der Waals surface area contributed by atoms with Crippen LogP contribution in [0.25, 0.3) is 10.2 Å². The first-order valence-electron chi connectivity index (χ1n) is 8.40. The lowest BCUT2D eigenvalue weighted by Gasteiger charge is -2.15. The first-order chi connectivity index (χ1) is 12.5. The van der Waals surface area contributed by atoms with Gasteiger partial charge in [0.25, 0.3) is 5.56 Å². The highest BCUT2D eigenvalue weighted by Gasteiger charge is 2.21. The summed E-state index contributed by atoms with van der Waals surface area (Å²) in [4.78, 5) is 19.9. The Morgan fingerprint density at radius 1 is 1.27 bits per heavy atom. The number of thiophene rings is 1. The van der Waals surface area contributed by atoms with Crippen molar-refractivity contribution in [1.82, 2.24) is 9.66 Å². The first kappa shape index (κ1) is 17.6. The quantitative estimate of drug-likeness (QED) is 0.570. The standard InChI is InChI=1S/C18H17BrN4OS2/c1-10-20-16-15(13-4-2-3-5-14(13)26-16)17(24)23(10)22-18(25)21-12-8-6-11(19)7-9-12/h6-9H,2-5H2,1H3,(H2,21,22,25). The highest BCUT2D eigenvalue weighted by atomic mass is 79.9. The van der Waals surface area contributed by atoms with Gasteiger partial charge in [-0.05, 0) is 74.7 Å². The molecule has 1 aliphatic carbocycles. The molecule has 0 saturated heterocycles.